The zero-order valence-electron chi connectivity index (χ0n) is 12.1. The smallest absolute Gasteiger partial charge is 0.279 e. The van der Waals surface area contributed by atoms with E-state index in [1.807, 2.05) is 11.9 Å². The maximum atomic E-state index is 12.4. The number of fused-ring (bicyclic) bond motifs is 1. The van der Waals surface area contributed by atoms with Gasteiger partial charge in [0.05, 0.1) is 0 Å². The average molecular weight is 296 g/mol. The lowest BCUT2D eigenvalue weighted by molar-refractivity contribution is 0.00407. The number of nitrogens with one attached hydrogen (secondary N) is 1. The van der Waals surface area contributed by atoms with Gasteiger partial charge in [-0.15, -0.1) is 0 Å². The number of aromatic hydroxyl groups is 1. The molecule has 0 bridgehead atoms. The molecule has 1 aliphatic rings. The molecule has 21 heavy (non-hydrogen) atoms. The minimum atomic E-state index is -1.21. The molecule has 0 radical (unpaired) electrons. The summed E-state index contributed by atoms with van der Waals surface area (Å²) in [6.45, 7) is 3.80. The predicted molar refractivity (Wildman–Crippen MR) is 76.6 cm³/mol. The lowest BCUT2D eigenvalue weighted by Gasteiger charge is -2.36. The molecule has 3 N–H and O–H groups in total. The Morgan fingerprint density at radius 2 is 2.10 bits per heavy atom. The molecule has 0 aliphatic carbocycles. The number of pyridine rings is 1. The average Bonchev–Trinajstić information content (AvgIpc) is 2.42. The second-order valence-electron chi connectivity index (χ2n) is 5.05. The van der Waals surface area contributed by atoms with Crippen molar-refractivity contribution >= 4 is 5.91 Å². The molecule has 1 amide bonds. The van der Waals surface area contributed by atoms with Crippen LogP contribution in [0, 0.1) is 0 Å². The molecule has 1 aromatic heterocycles. The van der Waals surface area contributed by atoms with Gasteiger partial charge in [-0.2, -0.15) is 0 Å². The van der Waals surface area contributed by atoms with Gasteiger partial charge in [0.1, 0.15) is 0 Å². The summed E-state index contributed by atoms with van der Waals surface area (Å²) in [6, 6.07) is 1.12. The molecule has 8 heteroatoms. The third kappa shape index (κ3) is 3.01. The van der Waals surface area contributed by atoms with E-state index in [9.17, 15) is 19.8 Å². The molecule has 0 spiro atoms. The van der Waals surface area contributed by atoms with Gasteiger partial charge in [-0.25, -0.2) is 0 Å². The van der Waals surface area contributed by atoms with Crippen molar-refractivity contribution in [3.63, 3.8) is 0 Å². The molecule has 8 nitrogen and oxygen atoms in total. The number of carbonyl (C=O) groups excluding carboxylic acids is 1. The van der Waals surface area contributed by atoms with Crippen LogP contribution in [0.1, 0.15) is 23.8 Å². The second-order valence-corrected chi connectivity index (χ2v) is 5.05. The van der Waals surface area contributed by atoms with Gasteiger partial charge in [-0.05, 0) is 20.0 Å². The number of hydrogen-bond donors (Lipinski definition) is 3. The molecule has 2 heterocycles. The van der Waals surface area contributed by atoms with Crippen LogP contribution in [0.5, 0.6) is 5.75 Å². The van der Waals surface area contributed by atoms with E-state index in [4.69, 9.17) is 0 Å². The van der Waals surface area contributed by atoms with Crippen molar-refractivity contribution < 1.29 is 15.0 Å². The summed E-state index contributed by atoms with van der Waals surface area (Å²) in [6.07, 6.45) is 1.09. The van der Waals surface area contributed by atoms with E-state index in [2.05, 4.69) is 12.3 Å². The predicted octanol–water partition coefficient (Wildman–Crippen LogP) is -0.829. The highest BCUT2D eigenvalue weighted by Crippen LogP contribution is 2.18. The van der Waals surface area contributed by atoms with Gasteiger partial charge in [0.2, 0.25) is 11.8 Å². The van der Waals surface area contributed by atoms with Crippen LogP contribution in [0.3, 0.4) is 0 Å². The number of likely N-dealkylation sites (N-methyl/N-ethyl adjacent to an activating group) is 1. The lowest BCUT2D eigenvalue weighted by Crippen LogP contribution is -2.55. The number of aromatic nitrogens is 1. The highest BCUT2D eigenvalue weighted by Gasteiger charge is 2.33. The SMILES string of the molecule is CCCN(C)CCN1C(=O)c2c(O)c(=O)ccn2NC1O. The molecule has 1 aromatic rings. The van der Waals surface area contributed by atoms with Crippen LogP contribution in [-0.4, -0.2) is 63.6 Å². The van der Waals surface area contributed by atoms with Crippen molar-refractivity contribution in [2.75, 3.05) is 32.1 Å². The van der Waals surface area contributed by atoms with E-state index in [0.717, 1.165) is 23.7 Å². The number of aliphatic hydroxyl groups excluding tert-OH is 1. The van der Waals surface area contributed by atoms with Crippen molar-refractivity contribution in [1.82, 2.24) is 14.5 Å². The maximum absolute atomic E-state index is 12.4. The summed E-state index contributed by atoms with van der Waals surface area (Å²) in [5, 5.41) is 19.8. The summed E-state index contributed by atoms with van der Waals surface area (Å²) in [5.41, 5.74) is 1.83. The van der Waals surface area contributed by atoms with Crippen LogP contribution >= 0.6 is 0 Å². The van der Waals surface area contributed by atoms with Gasteiger partial charge in [0.15, 0.2) is 11.4 Å². The Kier molecular flexibility index (Phi) is 4.49. The summed E-state index contributed by atoms with van der Waals surface area (Å²) in [5.74, 6) is -1.20. The number of carbonyl (C=O) groups is 1. The Bertz CT molecular complexity index is 586. The van der Waals surface area contributed by atoms with Crippen LogP contribution < -0.4 is 10.9 Å². The molecule has 1 atom stereocenters. The Labute approximate surface area is 122 Å². The lowest BCUT2D eigenvalue weighted by atomic mass is 10.2. The first-order valence-corrected chi connectivity index (χ1v) is 6.84. The zero-order valence-corrected chi connectivity index (χ0v) is 12.1. The minimum absolute atomic E-state index is 0.161. The summed E-state index contributed by atoms with van der Waals surface area (Å²) >= 11 is 0. The van der Waals surface area contributed by atoms with Gasteiger partial charge >= 0.3 is 0 Å². The third-order valence-electron chi connectivity index (χ3n) is 3.41. The molecule has 0 fully saturated rings. The van der Waals surface area contributed by atoms with E-state index in [-0.39, 0.29) is 12.2 Å². The Morgan fingerprint density at radius 1 is 1.38 bits per heavy atom. The Hall–Kier alpha value is -2.06. The van der Waals surface area contributed by atoms with Crippen LogP contribution in [0.4, 0.5) is 0 Å². The summed E-state index contributed by atoms with van der Waals surface area (Å²) < 4.78 is 1.16. The first kappa shape index (κ1) is 15.3. The van der Waals surface area contributed by atoms with Gasteiger partial charge in [0.25, 0.3) is 5.91 Å². The Morgan fingerprint density at radius 3 is 2.76 bits per heavy atom. The number of nitrogens with zero attached hydrogens (tertiary/aromatic N) is 3. The molecule has 2 rings (SSSR count). The molecular weight excluding hydrogens is 276 g/mol. The molecule has 1 unspecified atom stereocenters. The number of rotatable bonds is 5. The van der Waals surface area contributed by atoms with E-state index >= 15 is 0 Å². The van der Waals surface area contributed by atoms with E-state index in [1.165, 1.54) is 11.1 Å². The fourth-order valence-electron chi connectivity index (χ4n) is 2.28. The quantitative estimate of drug-likeness (QED) is 0.656. The summed E-state index contributed by atoms with van der Waals surface area (Å²) in [4.78, 5) is 27.0. The van der Waals surface area contributed by atoms with Gasteiger partial charge in [-0.3, -0.25) is 24.6 Å². The van der Waals surface area contributed by atoms with Crippen LogP contribution in [0.15, 0.2) is 17.1 Å². The normalized spacial score (nSPS) is 17.8. The molecular formula is C13H20N4O4. The van der Waals surface area contributed by atoms with Gasteiger partial charge in [0, 0.05) is 25.4 Å². The van der Waals surface area contributed by atoms with Crippen molar-refractivity contribution in [1.29, 1.82) is 0 Å². The molecule has 116 valence electrons. The van der Waals surface area contributed by atoms with Crippen molar-refractivity contribution in [2.24, 2.45) is 0 Å². The fourth-order valence-corrected chi connectivity index (χ4v) is 2.28. The number of amides is 1. The standard InChI is InChI=1S/C13H20N4O4/c1-3-5-15(2)7-8-16-12(20)10-11(19)9(18)4-6-17(10)14-13(16)21/h4,6,13-14,19,21H,3,5,7-8H2,1-2H3. The molecule has 0 saturated heterocycles. The zero-order chi connectivity index (χ0) is 15.6. The van der Waals surface area contributed by atoms with E-state index in [0.29, 0.717) is 6.54 Å². The maximum Gasteiger partial charge on any atom is 0.279 e. The highest BCUT2D eigenvalue weighted by molar-refractivity contribution is 5.96. The minimum Gasteiger partial charge on any atom is -0.502 e. The second kappa shape index (κ2) is 6.15. The topological polar surface area (TPSA) is 98.0 Å². The third-order valence-corrected chi connectivity index (χ3v) is 3.41. The number of aliphatic hydroxyl groups is 1. The van der Waals surface area contributed by atoms with Gasteiger partial charge in [-0.1, -0.05) is 6.92 Å². The van der Waals surface area contributed by atoms with Crippen molar-refractivity contribution in [3.8, 4) is 5.75 Å². The van der Waals surface area contributed by atoms with Crippen LogP contribution in [-0.2, 0) is 0 Å². The largest absolute Gasteiger partial charge is 0.502 e. The molecule has 0 saturated carbocycles. The monoisotopic (exact) mass is 296 g/mol. The summed E-state index contributed by atoms with van der Waals surface area (Å²) in [7, 11) is 1.92. The fraction of sp³-hybridized carbons (Fsp3) is 0.538. The number of hydrogen-bond acceptors (Lipinski definition) is 6. The van der Waals surface area contributed by atoms with Crippen molar-refractivity contribution in [3.05, 3.63) is 28.2 Å². The Balaban J connectivity index is 2.20. The molecule has 1 aliphatic heterocycles. The first-order chi connectivity index (χ1) is 9.95. The molecule has 0 aromatic carbocycles. The first-order valence-electron chi connectivity index (χ1n) is 6.84. The van der Waals surface area contributed by atoms with E-state index < -0.39 is 23.4 Å². The van der Waals surface area contributed by atoms with Crippen molar-refractivity contribution in [2.45, 2.75) is 19.7 Å². The van der Waals surface area contributed by atoms with Gasteiger partial charge < -0.3 is 15.1 Å². The van der Waals surface area contributed by atoms with Crippen LogP contribution in [0.25, 0.3) is 0 Å². The van der Waals surface area contributed by atoms with E-state index in [1.54, 1.807) is 0 Å². The highest BCUT2D eigenvalue weighted by atomic mass is 16.3. The van der Waals surface area contributed by atoms with Crippen LogP contribution in [0.2, 0.25) is 0 Å².